The van der Waals surface area contributed by atoms with Crippen LogP contribution >= 0.6 is 0 Å². The minimum atomic E-state index is -0.378. The Balaban J connectivity index is 1.41. The van der Waals surface area contributed by atoms with Gasteiger partial charge in [0.25, 0.3) is 5.91 Å². The highest BCUT2D eigenvalue weighted by Gasteiger charge is 2.21. The molecule has 0 saturated carbocycles. The third-order valence-electron chi connectivity index (χ3n) is 5.04. The molecule has 0 atom stereocenters. The van der Waals surface area contributed by atoms with Crippen LogP contribution in [0.2, 0.25) is 0 Å². The Morgan fingerprint density at radius 3 is 2.78 bits per heavy atom. The third-order valence-corrected chi connectivity index (χ3v) is 5.04. The standard InChI is InChI=1S/C21H20FN3O2/c1-13-8-16(22)9-18-17(13)10-19(24-18)21(27)23-11-20(26)25-7-6-14-4-2-3-5-15(14)12-25/h2-5,8-10,24H,6-7,11-12H2,1H3,(H,23,27). The lowest BCUT2D eigenvalue weighted by atomic mass is 10.00. The fraction of sp³-hybridized carbons (Fsp3) is 0.238. The normalized spacial score (nSPS) is 13.5. The molecule has 0 unspecified atom stereocenters. The molecule has 0 aliphatic carbocycles. The van der Waals surface area contributed by atoms with E-state index in [4.69, 9.17) is 0 Å². The number of nitrogens with one attached hydrogen (secondary N) is 2. The number of amides is 2. The molecule has 0 spiro atoms. The molecule has 5 nitrogen and oxygen atoms in total. The van der Waals surface area contributed by atoms with Crippen molar-refractivity contribution in [2.24, 2.45) is 0 Å². The zero-order chi connectivity index (χ0) is 19.0. The number of H-pyrrole nitrogens is 1. The number of nitrogens with zero attached hydrogens (tertiary/aromatic N) is 1. The number of hydrogen-bond acceptors (Lipinski definition) is 2. The van der Waals surface area contributed by atoms with E-state index < -0.39 is 0 Å². The second kappa shape index (κ2) is 6.87. The zero-order valence-electron chi connectivity index (χ0n) is 15.0. The molecule has 0 saturated heterocycles. The average Bonchev–Trinajstić information content (AvgIpc) is 3.10. The van der Waals surface area contributed by atoms with Gasteiger partial charge in [-0.3, -0.25) is 9.59 Å². The highest BCUT2D eigenvalue weighted by atomic mass is 19.1. The van der Waals surface area contributed by atoms with E-state index >= 15 is 0 Å². The largest absolute Gasteiger partial charge is 0.350 e. The molecule has 1 aromatic heterocycles. The summed E-state index contributed by atoms with van der Waals surface area (Å²) in [4.78, 5) is 29.5. The number of hydrogen-bond donors (Lipinski definition) is 2. The predicted molar refractivity (Wildman–Crippen MR) is 101 cm³/mol. The minimum Gasteiger partial charge on any atom is -0.350 e. The van der Waals surface area contributed by atoms with Gasteiger partial charge < -0.3 is 15.2 Å². The highest BCUT2D eigenvalue weighted by molar-refractivity contribution is 6.00. The molecule has 0 fully saturated rings. The van der Waals surface area contributed by atoms with E-state index in [0.717, 1.165) is 22.9 Å². The molecule has 0 radical (unpaired) electrons. The first-order valence-electron chi connectivity index (χ1n) is 8.93. The molecule has 4 rings (SSSR count). The maximum Gasteiger partial charge on any atom is 0.268 e. The zero-order valence-corrected chi connectivity index (χ0v) is 15.0. The van der Waals surface area contributed by atoms with E-state index in [1.807, 2.05) is 18.2 Å². The number of carbonyl (C=O) groups is 2. The number of carbonyl (C=O) groups excluding carboxylic acids is 2. The molecule has 6 heteroatoms. The Bertz CT molecular complexity index is 1040. The first-order chi connectivity index (χ1) is 13.0. The molecule has 2 N–H and O–H groups in total. The summed E-state index contributed by atoms with van der Waals surface area (Å²) in [6.45, 7) is 2.94. The van der Waals surface area contributed by atoms with Crippen LogP contribution in [0.5, 0.6) is 0 Å². The molecule has 2 amide bonds. The van der Waals surface area contributed by atoms with Gasteiger partial charge in [-0.25, -0.2) is 4.39 Å². The Labute approximate surface area is 156 Å². The van der Waals surface area contributed by atoms with Crippen molar-refractivity contribution in [2.45, 2.75) is 19.9 Å². The van der Waals surface area contributed by atoms with Crippen molar-refractivity contribution in [1.82, 2.24) is 15.2 Å². The lowest BCUT2D eigenvalue weighted by molar-refractivity contribution is -0.131. The van der Waals surface area contributed by atoms with Crippen LogP contribution in [-0.2, 0) is 17.8 Å². The van der Waals surface area contributed by atoms with Crippen LogP contribution in [0.25, 0.3) is 10.9 Å². The second-order valence-corrected chi connectivity index (χ2v) is 6.88. The fourth-order valence-electron chi connectivity index (χ4n) is 3.57. The lowest BCUT2D eigenvalue weighted by Crippen LogP contribution is -2.42. The Morgan fingerprint density at radius 2 is 1.96 bits per heavy atom. The summed E-state index contributed by atoms with van der Waals surface area (Å²) >= 11 is 0. The van der Waals surface area contributed by atoms with Gasteiger partial charge in [0, 0.05) is 24.0 Å². The number of aromatic amines is 1. The van der Waals surface area contributed by atoms with Crippen molar-refractivity contribution in [3.8, 4) is 0 Å². The first-order valence-corrected chi connectivity index (χ1v) is 8.93. The van der Waals surface area contributed by atoms with Crippen LogP contribution in [0, 0.1) is 12.7 Å². The van der Waals surface area contributed by atoms with Gasteiger partial charge >= 0.3 is 0 Å². The van der Waals surface area contributed by atoms with E-state index in [2.05, 4.69) is 16.4 Å². The Morgan fingerprint density at radius 1 is 1.19 bits per heavy atom. The fourth-order valence-corrected chi connectivity index (χ4v) is 3.57. The monoisotopic (exact) mass is 365 g/mol. The van der Waals surface area contributed by atoms with Gasteiger partial charge in [-0.05, 0) is 48.2 Å². The van der Waals surface area contributed by atoms with E-state index in [0.29, 0.717) is 24.3 Å². The molecular formula is C21H20FN3O2. The Kier molecular flexibility index (Phi) is 4.39. The summed E-state index contributed by atoms with van der Waals surface area (Å²) in [5.74, 6) is -0.845. The third kappa shape index (κ3) is 3.43. The average molecular weight is 365 g/mol. The van der Waals surface area contributed by atoms with Crippen LogP contribution < -0.4 is 5.32 Å². The maximum absolute atomic E-state index is 13.5. The first kappa shape index (κ1) is 17.3. The molecule has 1 aliphatic rings. The summed E-state index contributed by atoms with van der Waals surface area (Å²) in [5, 5.41) is 3.45. The van der Waals surface area contributed by atoms with Gasteiger partial charge in [0.15, 0.2) is 0 Å². The van der Waals surface area contributed by atoms with Gasteiger partial charge in [0.05, 0.1) is 6.54 Å². The van der Waals surface area contributed by atoms with Crippen molar-refractivity contribution in [1.29, 1.82) is 0 Å². The van der Waals surface area contributed by atoms with Crippen molar-refractivity contribution in [2.75, 3.05) is 13.1 Å². The van der Waals surface area contributed by atoms with E-state index in [9.17, 15) is 14.0 Å². The molecule has 1 aliphatic heterocycles. The summed E-state index contributed by atoms with van der Waals surface area (Å²) in [6, 6.07) is 12.5. The number of rotatable bonds is 3. The number of halogens is 1. The van der Waals surface area contributed by atoms with Crippen LogP contribution in [0.1, 0.15) is 27.2 Å². The Hall–Kier alpha value is -3.15. The predicted octanol–water partition coefficient (Wildman–Crippen LogP) is 2.93. The van der Waals surface area contributed by atoms with Gasteiger partial charge in [-0.15, -0.1) is 0 Å². The molecule has 27 heavy (non-hydrogen) atoms. The van der Waals surface area contributed by atoms with Gasteiger partial charge in [-0.2, -0.15) is 0 Å². The van der Waals surface area contributed by atoms with Crippen LogP contribution in [0.3, 0.4) is 0 Å². The maximum atomic E-state index is 13.5. The summed E-state index contributed by atoms with van der Waals surface area (Å²) in [7, 11) is 0. The van der Waals surface area contributed by atoms with E-state index in [1.165, 1.54) is 17.7 Å². The molecule has 0 bridgehead atoms. The van der Waals surface area contributed by atoms with Crippen LogP contribution in [0.15, 0.2) is 42.5 Å². The SMILES string of the molecule is Cc1cc(F)cc2[nH]c(C(=O)NCC(=O)N3CCc4ccccc4C3)cc12. The molecule has 3 aromatic rings. The van der Waals surface area contributed by atoms with Crippen molar-refractivity contribution in [3.63, 3.8) is 0 Å². The minimum absolute atomic E-state index is 0.0658. The number of aromatic nitrogens is 1. The second-order valence-electron chi connectivity index (χ2n) is 6.88. The van der Waals surface area contributed by atoms with Gasteiger partial charge in [0.1, 0.15) is 11.5 Å². The van der Waals surface area contributed by atoms with Gasteiger partial charge in [0.2, 0.25) is 5.91 Å². The molecular weight excluding hydrogens is 345 g/mol. The summed E-state index contributed by atoms with van der Waals surface area (Å²) < 4.78 is 13.5. The van der Waals surface area contributed by atoms with Crippen molar-refractivity contribution in [3.05, 3.63) is 70.7 Å². The van der Waals surface area contributed by atoms with Crippen molar-refractivity contribution < 1.29 is 14.0 Å². The number of aryl methyl sites for hydroxylation is 1. The number of fused-ring (bicyclic) bond motifs is 2. The highest BCUT2D eigenvalue weighted by Crippen LogP contribution is 2.21. The summed E-state index contributed by atoms with van der Waals surface area (Å²) in [5.41, 5.74) is 4.05. The lowest BCUT2D eigenvalue weighted by Gasteiger charge is -2.28. The van der Waals surface area contributed by atoms with Crippen molar-refractivity contribution >= 4 is 22.7 Å². The molecule has 2 heterocycles. The summed E-state index contributed by atoms with van der Waals surface area (Å²) in [6.07, 6.45) is 0.822. The molecule has 138 valence electrons. The number of benzene rings is 2. The van der Waals surface area contributed by atoms with Gasteiger partial charge in [-0.1, -0.05) is 24.3 Å². The van der Waals surface area contributed by atoms with Crippen LogP contribution in [0.4, 0.5) is 4.39 Å². The van der Waals surface area contributed by atoms with E-state index in [-0.39, 0.29) is 24.2 Å². The smallest absolute Gasteiger partial charge is 0.268 e. The van der Waals surface area contributed by atoms with E-state index in [1.54, 1.807) is 17.9 Å². The quantitative estimate of drug-likeness (QED) is 0.750. The topological polar surface area (TPSA) is 65.2 Å². The van der Waals surface area contributed by atoms with Crippen LogP contribution in [-0.4, -0.2) is 34.8 Å². The molecule has 2 aromatic carbocycles.